The van der Waals surface area contributed by atoms with Crippen LogP contribution in [0.2, 0.25) is 0 Å². The summed E-state index contributed by atoms with van der Waals surface area (Å²) in [6.07, 6.45) is 1.66. The Kier molecular flexibility index (Phi) is 4.90. The lowest BCUT2D eigenvalue weighted by Crippen LogP contribution is -2.02. The van der Waals surface area contributed by atoms with E-state index in [1.54, 1.807) is 6.07 Å². The molecule has 0 radical (unpaired) electrons. The Hall–Kier alpha value is -1.95. The lowest BCUT2D eigenvalue weighted by Gasteiger charge is -2.06. The van der Waals surface area contributed by atoms with E-state index in [0.29, 0.717) is 0 Å². The third kappa shape index (κ3) is 3.78. The number of aryl methyl sites for hydroxylation is 1. The van der Waals surface area contributed by atoms with E-state index in [4.69, 9.17) is 9.84 Å². The molecule has 0 bridgehead atoms. The van der Waals surface area contributed by atoms with Gasteiger partial charge >= 0.3 is 5.97 Å². The second kappa shape index (κ2) is 6.67. The summed E-state index contributed by atoms with van der Waals surface area (Å²) in [7, 11) is 0. The highest BCUT2D eigenvalue weighted by Crippen LogP contribution is 2.31. The van der Waals surface area contributed by atoms with Gasteiger partial charge in [0.15, 0.2) is 4.88 Å². The van der Waals surface area contributed by atoms with Gasteiger partial charge in [-0.25, -0.2) is 13.6 Å². The molecule has 0 unspecified atom stereocenters. The van der Waals surface area contributed by atoms with E-state index in [-0.39, 0.29) is 22.8 Å². The molecule has 21 heavy (non-hydrogen) atoms. The maximum Gasteiger partial charge on any atom is 0.349 e. The number of hydrogen-bond acceptors (Lipinski definition) is 3. The molecule has 0 saturated carbocycles. The van der Waals surface area contributed by atoms with Crippen molar-refractivity contribution in [3.8, 4) is 5.75 Å². The third-order valence-corrected chi connectivity index (χ3v) is 4.00. The molecule has 1 aromatic carbocycles. The average Bonchev–Trinajstić information content (AvgIpc) is 2.81. The van der Waals surface area contributed by atoms with Crippen LogP contribution in [0.4, 0.5) is 8.78 Å². The summed E-state index contributed by atoms with van der Waals surface area (Å²) in [4.78, 5) is 12.2. The van der Waals surface area contributed by atoms with Crippen molar-refractivity contribution in [1.82, 2.24) is 0 Å². The predicted octanol–water partition coefficient (Wildman–Crippen LogP) is 4.26. The summed E-state index contributed by atoms with van der Waals surface area (Å²) in [6, 6.07) is 4.85. The van der Waals surface area contributed by atoms with Gasteiger partial charge in [-0.15, -0.1) is 11.3 Å². The second-order valence-electron chi connectivity index (χ2n) is 4.49. The van der Waals surface area contributed by atoms with Crippen LogP contribution in [0.15, 0.2) is 24.3 Å². The molecule has 2 rings (SSSR count). The molecule has 0 aliphatic carbocycles. The first-order chi connectivity index (χ1) is 10.0. The molecule has 1 heterocycles. The van der Waals surface area contributed by atoms with Crippen LogP contribution < -0.4 is 4.74 Å². The molecule has 3 nitrogen and oxygen atoms in total. The number of carboxylic acids is 1. The molecule has 1 aromatic heterocycles. The van der Waals surface area contributed by atoms with Gasteiger partial charge in [-0.05, 0) is 24.6 Å². The number of halogens is 2. The number of carboxylic acid groups (broad SMARTS) is 1. The summed E-state index contributed by atoms with van der Waals surface area (Å²) < 4.78 is 31.7. The molecule has 0 atom stereocenters. The lowest BCUT2D eigenvalue weighted by molar-refractivity contribution is 0.0697. The van der Waals surface area contributed by atoms with Gasteiger partial charge < -0.3 is 9.84 Å². The predicted molar refractivity (Wildman–Crippen MR) is 76.0 cm³/mol. The zero-order chi connectivity index (χ0) is 15.4. The van der Waals surface area contributed by atoms with Crippen molar-refractivity contribution in [3.63, 3.8) is 0 Å². The number of hydrogen-bond donors (Lipinski definition) is 1. The van der Waals surface area contributed by atoms with Crippen LogP contribution in [-0.2, 0) is 13.0 Å². The van der Waals surface area contributed by atoms with E-state index < -0.39 is 17.6 Å². The molecule has 0 fully saturated rings. The van der Waals surface area contributed by atoms with E-state index in [1.165, 1.54) is 6.07 Å². The molecular weight excluding hydrogens is 298 g/mol. The van der Waals surface area contributed by atoms with E-state index in [2.05, 4.69) is 0 Å². The minimum atomic E-state index is -1.07. The van der Waals surface area contributed by atoms with E-state index in [1.807, 2.05) is 6.92 Å². The van der Waals surface area contributed by atoms with Crippen molar-refractivity contribution >= 4 is 17.3 Å². The molecule has 2 aromatic rings. The highest BCUT2D eigenvalue weighted by Gasteiger charge is 2.17. The lowest BCUT2D eigenvalue weighted by atomic mass is 10.2. The molecule has 0 spiro atoms. The molecule has 1 N–H and O–H groups in total. The van der Waals surface area contributed by atoms with Crippen LogP contribution in [0.3, 0.4) is 0 Å². The summed E-state index contributed by atoms with van der Waals surface area (Å²) in [5, 5.41) is 9.14. The third-order valence-electron chi connectivity index (χ3n) is 2.84. The van der Waals surface area contributed by atoms with Crippen molar-refractivity contribution in [2.24, 2.45) is 0 Å². The van der Waals surface area contributed by atoms with Crippen LogP contribution in [-0.4, -0.2) is 11.1 Å². The fraction of sp³-hybridized carbons (Fsp3) is 0.267. The van der Waals surface area contributed by atoms with Gasteiger partial charge in [-0.3, -0.25) is 0 Å². The fourth-order valence-electron chi connectivity index (χ4n) is 1.84. The SMILES string of the molecule is CCCc1cc(OCc2ccc(F)cc2F)c(C(=O)O)s1. The van der Waals surface area contributed by atoms with Gasteiger partial charge in [0.1, 0.15) is 24.0 Å². The van der Waals surface area contributed by atoms with E-state index in [9.17, 15) is 13.6 Å². The molecular formula is C15H14F2O3S. The van der Waals surface area contributed by atoms with E-state index >= 15 is 0 Å². The first-order valence-electron chi connectivity index (χ1n) is 6.44. The van der Waals surface area contributed by atoms with Crippen LogP contribution in [0, 0.1) is 11.6 Å². The minimum Gasteiger partial charge on any atom is -0.487 e. The average molecular weight is 312 g/mol. The molecule has 0 amide bonds. The van der Waals surface area contributed by atoms with Crippen molar-refractivity contribution < 1.29 is 23.4 Å². The zero-order valence-electron chi connectivity index (χ0n) is 11.4. The summed E-state index contributed by atoms with van der Waals surface area (Å²) >= 11 is 1.16. The Bertz CT molecular complexity index is 652. The number of rotatable bonds is 6. The smallest absolute Gasteiger partial charge is 0.349 e. The van der Waals surface area contributed by atoms with Gasteiger partial charge in [0.25, 0.3) is 0 Å². The maximum atomic E-state index is 13.5. The largest absolute Gasteiger partial charge is 0.487 e. The molecule has 112 valence electrons. The minimum absolute atomic E-state index is 0.0981. The van der Waals surface area contributed by atoms with Gasteiger partial charge in [0.05, 0.1) is 0 Å². The Labute approximate surface area is 124 Å². The first kappa shape index (κ1) is 15.4. The van der Waals surface area contributed by atoms with Crippen molar-refractivity contribution in [2.45, 2.75) is 26.4 Å². The Balaban J connectivity index is 2.16. The molecule has 0 aliphatic heterocycles. The number of aromatic carboxylic acids is 1. The topological polar surface area (TPSA) is 46.5 Å². The van der Waals surface area contributed by atoms with Gasteiger partial charge in [-0.2, -0.15) is 0 Å². The van der Waals surface area contributed by atoms with Crippen molar-refractivity contribution in [3.05, 3.63) is 51.2 Å². The van der Waals surface area contributed by atoms with Gasteiger partial charge in [-0.1, -0.05) is 13.3 Å². The fourth-order valence-corrected chi connectivity index (χ4v) is 2.88. The normalized spacial score (nSPS) is 10.6. The van der Waals surface area contributed by atoms with Gasteiger partial charge in [0.2, 0.25) is 0 Å². The van der Waals surface area contributed by atoms with Crippen LogP contribution in [0.1, 0.15) is 33.5 Å². The number of carbonyl (C=O) groups is 1. The Morgan fingerprint density at radius 3 is 2.71 bits per heavy atom. The highest BCUT2D eigenvalue weighted by atomic mass is 32.1. The first-order valence-corrected chi connectivity index (χ1v) is 7.25. The number of thiophene rings is 1. The second-order valence-corrected chi connectivity index (χ2v) is 5.62. The van der Waals surface area contributed by atoms with Crippen LogP contribution >= 0.6 is 11.3 Å². The van der Waals surface area contributed by atoms with Crippen molar-refractivity contribution in [2.75, 3.05) is 0 Å². The molecule has 0 aliphatic rings. The standard InChI is InChI=1S/C15H14F2O3S/c1-2-3-11-7-13(14(21-11)15(18)19)20-8-9-4-5-10(16)6-12(9)17/h4-7H,2-3,8H2,1H3,(H,18,19). The monoisotopic (exact) mass is 312 g/mol. The molecule has 6 heteroatoms. The van der Waals surface area contributed by atoms with Gasteiger partial charge in [0, 0.05) is 16.5 Å². The molecule has 0 saturated heterocycles. The summed E-state index contributed by atoms with van der Waals surface area (Å²) in [6.45, 7) is 1.85. The Morgan fingerprint density at radius 1 is 1.33 bits per heavy atom. The number of ether oxygens (including phenoxy) is 1. The van der Waals surface area contributed by atoms with Crippen LogP contribution in [0.5, 0.6) is 5.75 Å². The van der Waals surface area contributed by atoms with Crippen LogP contribution in [0.25, 0.3) is 0 Å². The Morgan fingerprint density at radius 2 is 2.10 bits per heavy atom. The quantitative estimate of drug-likeness (QED) is 0.867. The summed E-state index contributed by atoms with van der Waals surface area (Å²) in [5.74, 6) is -2.23. The maximum absolute atomic E-state index is 13.5. The van der Waals surface area contributed by atoms with Crippen molar-refractivity contribution in [1.29, 1.82) is 0 Å². The zero-order valence-corrected chi connectivity index (χ0v) is 12.2. The van der Waals surface area contributed by atoms with E-state index in [0.717, 1.165) is 41.2 Å². The number of benzene rings is 1. The summed E-state index contributed by atoms with van der Waals surface area (Å²) in [5.41, 5.74) is 0.177. The highest BCUT2D eigenvalue weighted by molar-refractivity contribution is 7.14.